The van der Waals surface area contributed by atoms with Crippen LogP contribution in [-0.2, 0) is 11.2 Å². The van der Waals surface area contributed by atoms with Crippen molar-refractivity contribution in [3.63, 3.8) is 0 Å². The van der Waals surface area contributed by atoms with Crippen molar-refractivity contribution < 1.29 is 38.6 Å². The molecule has 53 heavy (non-hydrogen) atoms. The number of rotatable bonds is 14. The van der Waals surface area contributed by atoms with E-state index in [4.69, 9.17) is 5.73 Å². The molecule has 0 aliphatic carbocycles. The lowest BCUT2D eigenvalue weighted by Crippen LogP contribution is -2.57. The SMILES string of the molecule is CCCC(O)(CC)C(=O)c1ccc2c(c1)C(=O)N(c1ccc(Cc3ccc(NC(CC)(C(=O)c4ccc5c(c4)C(=O)OC5=O)C(C)N)cc3)cc1)C2=O. The zero-order chi connectivity index (χ0) is 38.2. The number of ether oxygens (including phenoxy) is 1. The Hall–Kier alpha value is -5.78. The average molecular weight is 716 g/mol. The highest BCUT2D eigenvalue weighted by molar-refractivity contribution is 6.34. The average Bonchev–Trinajstić information content (AvgIpc) is 3.59. The largest absolute Gasteiger partial charge is 0.386 e. The molecule has 272 valence electrons. The zero-order valence-electron chi connectivity index (χ0n) is 30.0. The second-order valence-electron chi connectivity index (χ2n) is 13.7. The van der Waals surface area contributed by atoms with Crippen LogP contribution in [0.4, 0.5) is 11.4 Å². The Balaban J connectivity index is 1.15. The van der Waals surface area contributed by atoms with Crippen LogP contribution in [0.5, 0.6) is 0 Å². The number of esters is 2. The molecule has 2 amide bonds. The number of carbonyl (C=O) groups excluding carboxylic acids is 6. The molecule has 4 aromatic carbocycles. The van der Waals surface area contributed by atoms with Crippen LogP contribution in [0, 0.1) is 0 Å². The maximum Gasteiger partial charge on any atom is 0.346 e. The van der Waals surface area contributed by atoms with Crippen LogP contribution in [-0.4, -0.2) is 57.6 Å². The van der Waals surface area contributed by atoms with Crippen molar-refractivity contribution in [2.45, 2.75) is 77.0 Å². The number of fused-ring (bicyclic) bond motifs is 2. The molecule has 0 saturated carbocycles. The van der Waals surface area contributed by atoms with Gasteiger partial charge in [-0.1, -0.05) is 63.6 Å². The number of benzene rings is 4. The Bertz CT molecular complexity index is 2160. The van der Waals surface area contributed by atoms with Crippen LogP contribution in [0.15, 0.2) is 84.9 Å². The Morgan fingerprint density at radius 1 is 0.736 bits per heavy atom. The number of amides is 2. The van der Waals surface area contributed by atoms with E-state index in [2.05, 4.69) is 10.1 Å². The van der Waals surface area contributed by atoms with Gasteiger partial charge in [0.1, 0.15) is 11.1 Å². The lowest BCUT2D eigenvalue weighted by Gasteiger charge is -2.37. The molecule has 11 heteroatoms. The molecule has 0 aromatic heterocycles. The number of imide groups is 1. The van der Waals surface area contributed by atoms with Gasteiger partial charge in [-0.2, -0.15) is 0 Å². The number of ketones is 2. The first kappa shape index (κ1) is 37.0. The van der Waals surface area contributed by atoms with Gasteiger partial charge in [-0.15, -0.1) is 0 Å². The zero-order valence-corrected chi connectivity index (χ0v) is 30.0. The van der Waals surface area contributed by atoms with E-state index >= 15 is 0 Å². The van der Waals surface area contributed by atoms with Crippen molar-refractivity contribution in [1.29, 1.82) is 0 Å². The van der Waals surface area contributed by atoms with Crippen molar-refractivity contribution in [3.05, 3.63) is 129 Å². The van der Waals surface area contributed by atoms with Crippen molar-refractivity contribution in [3.8, 4) is 0 Å². The predicted molar refractivity (Wildman–Crippen MR) is 199 cm³/mol. The normalized spacial score (nSPS) is 16.4. The topological polar surface area (TPSA) is 173 Å². The Morgan fingerprint density at radius 3 is 1.87 bits per heavy atom. The third kappa shape index (κ3) is 6.58. The van der Waals surface area contributed by atoms with Crippen LogP contribution in [0.1, 0.15) is 127 Å². The number of anilines is 2. The lowest BCUT2D eigenvalue weighted by atomic mass is 9.80. The minimum atomic E-state index is -1.53. The Kier molecular flexibility index (Phi) is 10.0. The fourth-order valence-corrected chi connectivity index (χ4v) is 7.14. The molecular formula is C42H41N3O8. The van der Waals surface area contributed by atoms with E-state index < -0.39 is 46.7 Å². The first-order valence-electron chi connectivity index (χ1n) is 17.7. The van der Waals surface area contributed by atoms with Gasteiger partial charge in [0.05, 0.1) is 27.9 Å². The molecule has 0 bridgehead atoms. The molecule has 3 unspecified atom stereocenters. The van der Waals surface area contributed by atoms with Gasteiger partial charge in [0, 0.05) is 22.9 Å². The summed E-state index contributed by atoms with van der Waals surface area (Å²) in [4.78, 5) is 79.0. The number of nitrogens with zero attached hydrogens (tertiary/aromatic N) is 1. The highest BCUT2D eigenvalue weighted by atomic mass is 16.6. The van der Waals surface area contributed by atoms with Crippen LogP contribution >= 0.6 is 0 Å². The molecule has 2 aliphatic rings. The van der Waals surface area contributed by atoms with Gasteiger partial charge in [0.2, 0.25) is 0 Å². The number of nitrogens with one attached hydrogen (secondary N) is 1. The lowest BCUT2D eigenvalue weighted by molar-refractivity contribution is 0.0248. The van der Waals surface area contributed by atoms with Crippen LogP contribution in [0.2, 0.25) is 0 Å². The van der Waals surface area contributed by atoms with Gasteiger partial charge in [0.15, 0.2) is 11.6 Å². The van der Waals surface area contributed by atoms with Crippen molar-refractivity contribution in [2.24, 2.45) is 5.73 Å². The Morgan fingerprint density at radius 2 is 1.28 bits per heavy atom. The highest BCUT2D eigenvalue weighted by Crippen LogP contribution is 2.33. The number of nitrogens with two attached hydrogens (primary N) is 1. The fraction of sp³-hybridized carbons (Fsp3) is 0.286. The number of hydrogen-bond donors (Lipinski definition) is 3. The number of aliphatic hydroxyl groups is 1. The molecule has 0 saturated heterocycles. The van der Waals surface area contributed by atoms with E-state index in [9.17, 15) is 33.9 Å². The fourth-order valence-electron chi connectivity index (χ4n) is 7.14. The summed E-state index contributed by atoms with van der Waals surface area (Å²) in [6.45, 7) is 7.20. The van der Waals surface area contributed by atoms with E-state index in [0.29, 0.717) is 37.1 Å². The highest BCUT2D eigenvalue weighted by Gasteiger charge is 2.43. The van der Waals surface area contributed by atoms with Crippen LogP contribution in [0.3, 0.4) is 0 Å². The van der Waals surface area contributed by atoms with Gasteiger partial charge in [-0.05, 0) is 92.3 Å². The number of Topliss-reactive ketones (excluding diaryl/α,β-unsaturated/α-hetero) is 2. The summed E-state index contributed by atoms with van der Waals surface area (Å²) < 4.78 is 4.68. The molecule has 0 fully saturated rings. The monoisotopic (exact) mass is 715 g/mol. The van der Waals surface area contributed by atoms with Gasteiger partial charge >= 0.3 is 11.9 Å². The molecule has 4 aromatic rings. The van der Waals surface area contributed by atoms with Crippen molar-refractivity contribution in [1.82, 2.24) is 0 Å². The maximum atomic E-state index is 13.9. The number of carbonyl (C=O) groups is 6. The van der Waals surface area contributed by atoms with Gasteiger partial charge in [-0.25, -0.2) is 14.5 Å². The van der Waals surface area contributed by atoms with Crippen molar-refractivity contribution >= 4 is 46.7 Å². The number of cyclic esters (lactones) is 2. The summed E-state index contributed by atoms with van der Waals surface area (Å²) in [5, 5.41) is 14.2. The molecule has 0 radical (unpaired) electrons. The van der Waals surface area contributed by atoms with E-state index in [1.54, 1.807) is 26.0 Å². The van der Waals surface area contributed by atoms with E-state index in [1.807, 2.05) is 50.2 Å². The molecule has 3 atom stereocenters. The van der Waals surface area contributed by atoms with Crippen LogP contribution < -0.4 is 16.0 Å². The summed E-state index contributed by atoms with van der Waals surface area (Å²) in [5.41, 5.74) is 7.53. The third-order valence-corrected chi connectivity index (χ3v) is 10.4. The molecular weight excluding hydrogens is 674 g/mol. The second kappa shape index (κ2) is 14.3. The second-order valence-corrected chi connectivity index (χ2v) is 13.7. The van der Waals surface area contributed by atoms with E-state index in [0.717, 1.165) is 16.0 Å². The summed E-state index contributed by atoms with van der Waals surface area (Å²) in [6.07, 6.45) is 2.03. The minimum Gasteiger partial charge on any atom is -0.386 e. The minimum absolute atomic E-state index is 0.0486. The molecule has 0 spiro atoms. The summed E-state index contributed by atoms with van der Waals surface area (Å²) in [7, 11) is 0. The van der Waals surface area contributed by atoms with Gasteiger partial charge in [-0.3, -0.25) is 19.2 Å². The molecule has 4 N–H and O–H groups in total. The van der Waals surface area contributed by atoms with E-state index in [1.165, 1.54) is 36.4 Å². The first-order chi connectivity index (χ1) is 25.3. The first-order valence-corrected chi connectivity index (χ1v) is 17.7. The predicted octanol–water partition coefficient (Wildman–Crippen LogP) is 6.30. The maximum absolute atomic E-state index is 13.9. The van der Waals surface area contributed by atoms with Crippen LogP contribution in [0.25, 0.3) is 0 Å². The number of hydrogen-bond acceptors (Lipinski definition) is 10. The van der Waals surface area contributed by atoms with Gasteiger partial charge in [0.25, 0.3) is 11.8 Å². The summed E-state index contributed by atoms with van der Waals surface area (Å²) in [6, 6.07) is 22.7. The molecule has 2 aliphatic heterocycles. The van der Waals surface area contributed by atoms with Gasteiger partial charge < -0.3 is 20.9 Å². The summed E-state index contributed by atoms with van der Waals surface area (Å²) >= 11 is 0. The molecule has 6 rings (SSSR count). The molecule has 2 heterocycles. The van der Waals surface area contributed by atoms with Crippen molar-refractivity contribution in [2.75, 3.05) is 10.2 Å². The third-order valence-electron chi connectivity index (χ3n) is 10.4. The van der Waals surface area contributed by atoms with E-state index in [-0.39, 0.29) is 45.6 Å². The standard InChI is InChI=1S/C42H41N3O8/c1-5-20-41(52,6-2)35(46)27-12-18-31-33(22-27)38(49)45(37(31)48)30-16-10-26(11-17-30)21-25-8-14-29(15-9-25)44-42(7-3,24(4)43)36(47)28-13-19-32-34(23-28)40(51)53-39(32)50/h8-19,22-24,44,52H,5-7,20-21,43H2,1-4H3. The molecule has 11 nitrogen and oxygen atoms in total. The quantitative estimate of drug-likeness (QED) is 0.0582. The Labute approximate surface area is 307 Å². The summed E-state index contributed by atoms with van der Waals surface area (Å²) in [5.74, 6) is -3.34. The smallest absolute Gasteiger partial charge is 0.346 e.